The molecule has 6 heteroatoms. The highest BCUT2D eigenvalue weighted by Crippen LogP contribution is 2.26. The molecule has 120 valence electrons. The molecule has 2 aromatic carbocycles. The Morgan fingerprint density at radius 1 is 1.04 bits per heavy atom. The number of fused-ring (bicyclic) bond motifs is 1. The molecule has 0 fully saturated rings. The maximum absolute atomic E-state index is 12.2. The van der Waals surface area contributed by atoms with Gasteiger partial charge >= 0.3 is 0 Å². The van der Waals surface area contributed by atoms with Crippen LogP contribution in [0.15, 0.2) is 66.0 Å². The predicted octanol–water partition coefficient (Wildman–Crippen LogP) is 2.66. The van der Waals surface area contributed by atoms with Gasteiger partial charge in [0.05, 0.1) is 18.0 Å². The number of nitriles is 1. The van der Waals surface area contributed by atoms with E-state index in [0.717, 1.165) is 16.8 Å². The molecule has 0 aliphatic rings. The first-order valence-corrected chi connectivity index (χ1v) is 7.67. The number of hydrogen-bond acceptors (Lipinski definition) is 4. The van der Waals surface area contributed by atoms with Gasteiger partial charge < -0.3 is 4.57 Å². The smallest absolute Gasteiger partial charge is 0.281 e. The van der Waals surface area contributed by atoms with Gasteiger partial charge in [0.2, 0.25) is 0 Å². The van der Waals surface area contributed by atoms with E-state index in [2.05, 4.69) is 16.0 Å². The number of aryl methyl sites for hydroxylation is 1. The Morgan fingerprint density at radius 2 is 1.88 bits per heavy atom. The second-order valence-electron chi connectivity index (χ2n) is 5.66. The highest BCUT2D eigenvalue weighted by Gasteiger charge is 2.11. The van der Waals surface area contributed by atoms with Gasteiger partial charge in [-0.2, -0.15) is 5.26 Å². The van der Waals surface area contributed by atoms with Crippen molar-refractivity contribution in [1.29, 1.82) is 5.26 Å². The maximum atomic E-state index is 12.2. The van der Waals surface area contributed by atoms with Crippen LogP contribution in [0.3, 0.4) is 0 Å². The minimum absolute atomic E-state index is 0.185. The fourth-order valence-electron chi connectivity index (χ4n) is 2.82. The molecule has 0 aliphatic heterocycles. The lowest BCUT2D eigenvalue weighted by Gasteiger charge is -2.08. The fraction of sp³-hybridized carbons (Fsp3) is 0.0526. The molecule has 0 saturated carbocycles. The molecule has 25 heavy (non-hydrogen) atoms. The monoisotopic (exact) mass is 327 g/mol. The van der Waals surface area contributed by atoms with Crippen LogP contribution in [0.4, 0.5) is 0 Å². The molecular weight excluding hydrogens is 314 g/mol. The molecule has 0 N–H and O–H groups in total. The second kappa shape index (κ2) is 5.73. The van der Waals surface area contributed by atoms with Gasteiger partial charge in [0, 0.05) is 12.7 Å². The van der Waals surface area contributed by atoms with E-state index in [1.807, 2.05) is 42.5 Å². The quantitative estimate of drug-likeness (QED) is 0.567. The molecular formula is C19H13N5O. The lowest BCUT2D eigenvalue weighted by Crippen LogP contribution is -2.17. The standard InChI is InChI=1S/C19H13N5O/c1-23-11-22-18-17(19(23)25)21-12-24(18)15-7-4-6-13(9-15)16-8-3-2-5-14(16)10-20/h2-9,11-12H,1H3. The SMILES string of the molecule is Cn1cnc2c(ncn2-c2cccc(-c3ccccc3C#N)c2)c1=O. The number of imidazole rings is 1. The molecule has 2 aromatic heterocycles. The van der Waals surface area contributed by atoms with Gasteiger partial charge in [0.1, 0.15) is 6.33 Å². The normalized spacial score (nSPS) is 10.7. The van der Waals surface area contributed by atoms with Crippen LogP contribution in [0.2, 0.25) is 0 Å². The van der Waals surface area contributed by atoms with E-state index in [1.165, 1.54) is 10.9 Å². The topological polar surface area (TPSA) is 76.5 Å². The first-order chi connectivity index (χ1) is 12.2. The zero-order valence-electron chi connectivity index (χ0n) is 13.4. The van der Waals surface area contributed by atoms with Crippen LogP contribution in [0, 0.1) is 11.3 Å². The zero-order chi connectivity index (χ0) is 17.4. The molecule has 0 unspecified atom stereocenters. The van der Waals surface area contributed by atoms with Crippen molar-refractivity contribution in [2.45, 2.75) is 0 Å². The van der Waals surface area contributed by atoms with Crippen molar-refractivity contribution in [3.8, 4) is 22.9 Å². The summed E-state index contributed by atoms with van der Waals surface area (Å²) in [6.07, 6.45) is 3.08. The highest BCUT2D eigenvalue weighted by molar-refractivity contribution is 5.75. The largest absolute Gasteiger partial charge is 0.300 e. The molecule has 4 rings (SSSR count). The van der Waals surface area contributed by atoms with E-state index in [4.69, 9.17) is 0 Å². The van der Waals surface area contributed by atoms with Gasteiger partial charge in [0.15, 0.2) is 11.2 Å². The van der Waals surface area contributed by atoms with Crippen molar-refractivity contribution in [1.82, 2.24) is 19.1 Å². The third kappa shape index (κ3) is 2.39. The molecule has 0 atom stereocenters. The summed E-state index contributed by atoms with van der Waals surface area (Å²) in [6, 6.07) is 17.4. The highest BCUT2D eigenvalue weighted by atomic mass is 16.1. The molecule has 0 bridgehead atoms. The van der Waals surface area contributed by atoms with Crippen molar-refractivity contribution >= 4 is 11.2 Å². The summed E-state index contributed by atoms with van der Waals surface area (Å²) in [4.78, 5) is 20.7. The van der Waals surface area contributed by atoms with Gasteiger partial charge in [-0.05, 0) is 29.3 Å². The Hall–Kier alpha value is -3.72. The van der Waals surface area contributed by atoms with E-state index < -0.39 is 0 Å². The predicted molar refractivity (Wildman–Crippen MR) is 94.3 cm³/mol. The van der Waals surface area contributed by atoms with Crippen LogP contribution in [-0.4, -0.2) is 19.1 Å². The van der Waals surface area contributed by atoms with Gasteiger partial charge in [-0.1, -0.05) is 30.3 Å². The van der Waals surface area contributed by atoms with E-state index in [-0.39, 0.29) is 5.56 Å². The number of rotatable bonds is 2. The Balaban J connectivity index is 1.90. The molecule has 2 heterocycles. The Bertz CT molecular complexity index is 1200. The van der Waals surface area contributed by atoms with Crippen molar-refractivity contribution in [2.75, 3.05) is 0 Å². The number of benzene rings is 2. The van der Waals surface area contributed by atoms with Gasteiger partial charge in [-0.15, -0.1) is 0 Å². The van der Waals surface area contributed by atoms with E-state index in [1.54, 1.807) is 24.0 Å². The Morgan fingerprint density at radius 3 is 2.72 bits per heavy atom. The van der Waals surface area contributed by atoms with E-state index in [0.29, 0.717) is 16.7 Å². The molecule has 0 spiro atoms. The summed E-state index contributed by atoms with van der Waals surface area (Å²) in [6.45, 7) is 0. The first kappa shape index (κ1) is 14.8. The summed E-state index contributed by atoms with van der Waals surface area (Å²) < 4.78 is 3.18. The Labute approximate surface area is 143 Å². The van der Waals surface area contributed by atoms with Crippen molar-refractivity contribution in [2.24, 2.45) is 7.05 Å². The van der Waals surface area contributed by atoms with Gasteiger partial charge in [-0.25, -0.2) is 9.97 Å². The van der Waals surface area contributed by atoms with Crippen LogP contribution in [0.1, 0.15) is 5.56 Å². The average molecular weight is 327 g/mol. The van der Waals surface area contributed by atoms with E-state index in [9.17, 15) is 10.1 Å². The van der Waals surface area contributed by atoms with Crippen molar-refractivity contribution < 1.29 is 0 Å². The zero-order valence-corrected chi connectivity index (χ0v) is 13.4. The third-order valence-electron chi connectivity index (χ3n) is 4.10. The second-order valence-corrected chi connectivity index (χ2v) is 5.66. The fourth-order valence-corrected chi connectivity index (χ4v) is 2.82. The lowest BCUT2D eigenvalue weighted by molar-refractivity contribution is 0.837. The lowest BCUT2D eigenvalue weighted by atomic mass is 10.00. The van der Waals surface area contributed by atoms with Crippen LogP contribution >= 0.6 is 0 Å². The Kier molecular flexibility index (Phi) is 3.40. The number of hydrogen-bond donors (Lipinski definition) is 0. The summed E-state index contributed by atoms with van der Waals surface area (Å²) in [5.41, 5.74) is 3.87. The van der Waals surface area contributed by atoms with Crippen molar-refractivity contribution in [3.63, 3.8) is 0 Å². The molecule has 0 saturated heterocycles. The van der Waals surface area contributed by atoms with Gasteiger partial charge in [-0.3, -0.25) is 9.36 Å². The van der Waals surface area contributed by atoms with Gasteiger partial charge in [0.25, 0.3) is 5.56 Å². The average Bonchev–Trinajstić information content (AvgIpc) is 3.09. The molecule has 6 nitrogen and oxygen atoms in total. The molecule has 0 aliphatic carbocycles. The van der Waals surface area contributed by atoms with Crippen molar-refractivity contribution in [3.05, 3.63) is 77.1 Å². The first-order valence-electron chi connectivity index (χ1n) is 7.67. The summed E-state index contributed by atoms with van der Waals surface area (Å²) in [5, 5.41) is 9.32. The molecule has 0 radical (unpaired) electrons. The number of nitrogens with zero attached hydrogens (tertiary/aromatic N) is 5. The maximum Gasteiger partial charge on any atom is 0.281 e. The minimum Gasteiger partial charge on any atom is -0.300 e. The third-order valence-corrected chi connectivity index (χ3v) is 4.10. The molecule has 4 aromatic rings. The summed E-state index contributed by atoms with van der Waals surface area (Å²) in [7, 11) is 1.65. The molecule has 0 amide bonds. The van der Waals surface area contributed by atoms with Crippen LogP contribution in [0.25, 0.3) is 28.0 Å². The minimum atomic E-state index is -0.185. The van der Waals surface area contributed by atoms with Crippen LogP contribution in [-0.2, 0) is 7.05 Å². The van der Waals surface area contributed by atoms with E-state index >= 15 is 0 Å². The summed E-state index contributed by atoms with van der Waals surface area (Å²) >= 11 is 0. The van der Waals surface area contributed by atoms with Crippen LogP contribution < -0.4 is 5.56 Å². The number of aromatic nitrogens is 4. The van der Waals surface area contributed by atoms with Crippen LogP contribution in [0.5, 0.6) is 0 Å². The summed E-state index contributed by atoms with van der Waals surface area (Å²) in [5.74, 6) is 0.